The Hall–Kier alpha value is -1.91. The van der Waals surface area contributed by atoms with Crippen LogP contribution >= 0.6 is 0 Å². The van der Waals surface area contributed by atoms with Crippen LogP contribution in [0, 0.1) is 5.41 Å². The van der Waals surface area contributed by atoms with Crippen LogP contribution in [0.1, 0.15) is 32.3 Å². The first kappa shape index (κ1) is 12.5. The van der Waals surface area contributed by atoms with Crippen LogP contribution in [0.3, 0.4) is 0 Å². The van der Waals surface area contributed by atoms with Crippen molar-refractivity contribution in [3.8, 4) is 0 Å². The van der Waals surface area contributed by atoms with E-state index in [1.54, 1.807) is 18.3 Å². The summed E-state index contributed by atoms with van der Waals surface area (Å²) in [6.45, 7) is 4.15. The second kappa shape index (κ2) is 4.40. The quantitative estimate of drug-likeness (QED) is 0.800. The number of nitrogen functional groups attached to an aromatic ring is 1. The number of nitrogens with two attached hydrogens (primary N) is 1. The lowest BCUT2D eigenvalue weighted by atomic mass is 9.81. The molecule has 1 fully saturated rings. The van der Waals surface area contributed by atoms with Crippen LogP contribution in [-0.4, -0.2) is 21.7 Å². The molecule has 1 aromatic rings. The number of rotatable bonds is 2. The fourth-order valence-electron chi connectivity index (χ4n) is 2.16. The van der Waals surface area contributed by atoms with Crippen LogP contribution in [0.25, 0.3) is 0 Å². The molecule has 2 rings (SSSR count). The van der Waals surface area contributed by atoms with E-state index in [2.05, 4.69) is 4.98 Å². The first-order chi connectivity index (χ1) is 8.37. The third-order valence-electron chi connectivity index (χ3n) is 3.05. The van der Waals surface area contributed by atoms with Gasteiger partial charge in [-0.1, -0.05) is 13.8 Å². The molecule has 0 saturated carbocycles. The molecule has 1 aromatic heterocycles. The van der Waals surface area contributed by atoms with Crippen molar-refractivity contribution in [3.05, 3.63) is 23.9 Å². The van der Waals surface area contributed by atoms with Crippen molar-refractivity contribution in [2.45, 2.75) is 33.2 Å². The van der Waals surface area contributed by atoms with E-state index in [1.165, 1.54) is 4.90 Å². The van der Waals surface area contributed by atoms with Gasteiger partial charge in [0.2, 0.25) is 11.8 Å². The van der Waals surface area contributed by atoms with Crippen LogP contribution in [0.4, 0.5) is 5.82 Å². The largest absolute Gasteiger partial charge is 0.384 e. The molecule has 1 aliphatic heterocycles. The Balaban J connectivity index is 2.15. The molecule has 0 spiro atoms. The van der Waals surface area contributed by atoms with Crippen molar-refractivity contribution in [2.75, 3.05) is 5.73 Å². The Morgan fingerprint density at radius 1 is 1.33 bits per heavy atom. The van der Waals surface area contributed by atoms with Crippen molar-refractivity contribution in [1.29, 1.82) is 0 Å². The second-order valence-corrected chi connectivity index (χ2v) is 5.48. The summed E-state index contributed by atoms with van der Waals surface area (Å²) in [4.78, 5) is 29.1. The maximum atomic E-state index is 12.0. The molecular formula is C13H17N3O2. The summed E-state index contributed by atoms with van der Waals surface area (Å²) in [6.07, 6.45) is 2.38. The van der Waals surface area contributed by atoms with Crippen LogP contribution in [-0.2, 0) is 16.1 Å². The average molecular weight is 247 g/mol. The minimum Gasteiger partial charge on any atom is -0.384 e. The molecule has 0 aliphatic carbocycles. The number of hydrogen-bond acceptors (Lipinski definition) is 4. The number of piperidine rings is 1. The average Bonchev–Trinajstić information content (AvgIpc) is 2.22. The number of hydrogen-bond donors (Lipinski definition) is 1. The van der Waals surface area contributed by atoms with Gasteiger partial charge in [-0.15, -0.1) is 0 Å². The molecule has 2 amide bonds. The van der Waals surface area contributed by atoms with E-state index in [9.17, 15) is 9.59 Å². The van der Waals surface area contributed by atoms with E-state index in [-0.39, 0.29) is 23.8 Å². The van der Waals surface area contributed by atoms with Crippen LogP contribution in [0.2, 0.25) is 0 Å². The lowest BCUT2D eigenvalue weighted by Crippen LogP contribution is -2.45. The fourth-order valence-corrected chi connectivity index (χ4v) is 2.16. The normalized spacial score (nSPS) is 19.1. The maximum Gasteiger partial charge on any atom is 0.230 e. The summed E-state index contributed by atoms with van der Waals surface area (Å²) in [6, 6.07) is 3.44. The van der Waals surface area contributed by atoms with Gasteiger partial charge >= 0.3 is 0 Å². The van der Waals surface area contributed by atoms with E-state index in [0.717, 1.165) is 5.56 Å². The first-order valence-corrected chi connectivity index (χ1v) is 5.91. The number of carbonyl (C=O) groups excluding carboxylic acids is 2. The molecule has 5 heteroatoms. The number of carbonyl (C=O) groups is 2. The Kier molecular flexibility index (Phi) is 3.07. The summed E-state index contributed by atoms with van der Waals surface area (Å²) in [7, 11) is 0. The topological polar surface area (TPSA) is 76.3 Å². The zero-order valence-electron chi connectivity index (χ0n) is 10.6. The van der Waals surface area contributed by atoms with E-state index < -0.39 is 0 Å². The number of nitrogens with zero attached hydrogens (tertiary/aromatic N) is 2. The van der Waals surface area contributed by atoms with Gasteiger partial charge in [0.05, 0.1) is 6.54 Å². The highest BCUT2D eigenvalue weighted by Crippen LogP contribution is 2.32. The van der Waals surface area contributed by atoms with Gasteiger partial charge in [-0.2, -0.15) is 0 Å². The Morgan fingerprint density at radius 3 is 2.50 bits per heavy atom. The number of anilines is 1. The minimum atomic E-state index is -0.234. The fraction of sp³-hybridized carbons (Fsp3) is 0.462. The molecule has 2 N–H and O–H groups in total. The molecule has 1 aliphatic rings. The highest BCUT2D eigenvalue weighted by atomic mass is 16.2. The van der Waals surface area contributed by atoms with E-state index >= 15 is 0 Å². The summed E-state index contributed by atoms with van der Waals surface area (Å²) in [5, 5.41) is 0. The molecule has 18 heavy (non-hydrogen) atoms. The molecule has 0 bridgehead atoms. The zero-order chi connectivity index (χ0) is 13.3. The van der Waals surface area contributed by atoms with Gasteiger partial charge in [-0.25, -0.2) is 4.98 Å². The van der Waals surface area contributed by atoms with Gasteiger partial charge in [0, 0.05) is 19.0 Å². The van der Waals surface area contributed by atoms with Gasteiger partial charge in [0.15, 0.2) is 0 Å². The van der Waals surface area contributed by atoms with Crippen LogP contribution in [0.15, 0.2) is 18.3 Å². The molecule has 0 radical (unpaired) electrons. The van der Waals surface area contributed by atoms with Crippen molar-refractivity contribution < 1.29 is 9.59 Å². The third kappa shape index (κ3) is 2.67. The third-order valence-corrected chi connectivity index (χ3v) is 3.05. The van der Waals surface area contributed by atoms with Gasteiger partial charge in [0.25, 0.3) is 0 Å². The molecule has 0 aromatic carbocycles. The smallest absolute Gasteiger partial charge is 0.230 e. The number of aromatic nitrogens is 1. The predicted molar refractivity (Wildman–Crippen MR) is 67.2 cm³/mol. The molecule has 0 unspecified atom stereocenters. The molecule has 2 heterocycles. The zero-order valence-corrected chi connectivity index (χ0v) is 10.6. The number of imide groups is 1. The number of pyridine rings is 1. The molecule has 1 saturated heterocycles. The Morgan fingerprint density at radius 2 is 1.94 bits per heavy atom. The Bertz CT molecular complexity index is 477. The first-order valence-electron chi connectivity index (χ1n) is 5.91. The molecule has 0 atom stereocenters. The van der Waals surface area contributed by atoms with Gasteiger partial charge in [0.1, 0.15) is 5.82 Å². The molecule has 96 valence electrons. The maximum absolute atomic E-state index is 12.0. The second-order valence-electron chi connectivity index (χ2n) is 5.48. The SMILES string of the molecule is CC1(C)CC(=O)N(Cc2ccnc(N)c2)C(=O)C1. The highest BCUT2D eigenvalue weighted by molar-refractivity contribution is 5.98. The summed E-state index contributed by atoms with van der Waals surface area (Å²) >= 11 is 0. The number of likely N-dealkylation sites (tertiary alicyclic amines) is 1. The summed E-state index contributed by atoms with van der Waals surface area (Å²) in [5.41, 5.74) is 6.17. The predicted octanol–water partition coefficient (Wildman–Crippen LogP) is 1.34. The van der Waals surface area contributed by atoms with Crippen molar-refractivity contribution >= 4 is 17.6 Å². The Labute approximate surface area is 106 Å². The van der Waals surface area contributed by atoms with Gasteiger partial charge in [-0.05, 0) is 23.1 Å². The summed E-state index contributed by atoms with van der Waals surface area (Å²) < 4.78 is 0. The number of amides is 2. The minimum absolute atomic E-state index is 0.119. The lowest BCUT2D eigenvalue weighted by Gasteiger charge is -2.34. The van der Waals surface area contributed by atoms with E-state index in [4.69, 9.17) is 5.73 Å². The van der Waals surface area contributed by atoms with Crippen LogP contribution < -0.4 is 5.73 Å². The van der Waals surface area contributed by atoms with Crippen molar-refractivity contribution in [3.63, 3.8) is 0 Å². The van der Waals surface area contributed by atoms with Crippen molar-refractivity contribution in [2.24, 2.45) is 5.41 Å². The summed E-state index contributed by atoms with van der Waals surface area (Å²) in [5.74, 6) is 0.156. The van der Waals surface area contributed by atoms with Crippen LogP contribution in [0.5, 0.6) is 0 Å². The standard InChI is InChI=1S/C13H17N3O2/c1-13(2)6-11(17)16(12(18)7-13)8-9-3-4-15-10(14)5-9/h3-5H,6-8H2,1-2H3,(H2,14,15). The van der Waals surface area contributed by atoms with Crippen molar-refractivity contribution in [1.82, 2.24) is 9.88 Å². The monoisotopic (exact) mass is 247 g/mol. The lowest BCUT2D eigenvalue weighted by molar-refractivity contribution is -0.153. The molecular weight excluding hydrogens is 230 g/mol. The van der Waals surface area contributed by atoms with E-state index in [0.29, 0.717) is 18.7 Å². The van der Waals surface area contributed by atoms with Gasteiger partial charge < -0.3 is 5.73 Å². The molecule has 5 nitrogen and oxygen atoms in total. The highest BCUT2D eigenvalue weighted by Gasteiger charge is 2.37. The van der Waals surface area contributed by atoms with E-state index in [1.807, 2.05) is 13.8 Å². The van der Waals surface area contributed by atoms with Gasteiger partial charge in [-0.3, -0.25) is 14.5 Å².